The first-order chi connectivity index (χ1) is 7.09. The van der Waals surface area contributed by atoms with Crippen LogP contribution in [0.2, 0.25) is 0 Å². The fraction of sp³-hybridized carbons (Fsp3) is 0.571. The summed E-state index contributed by atoms with van der Waals surface area (Å²) in [7, 11) is 0. The highest BCUT2D eigenvalue weighted by Gasteiger charge is 2.33. The van der Waals surface area contributed by atoms with E-state index < -0.39 is 0 Å². The number of hydrogen-bond donors (Lipinski definition) is 0. The van der Waals surface area contributed by atoms with Gasteiger partial charge >= 0.3 is 0 Å². The molecule has 0 saturated heterocycles. The van der Waals surface area contributed by atoms with Gasteiger partial charge in [0.15, 0.2) is 0 Å². The van der Waals surface area contributed by atoms with Crippen LogP contribution in [0.1, 0.15) is 37.3 Å². The standard InChI is InChI=1S/C14H19Br/c1-11-5-3-4-6-12(11)9-14(2)8-7-13(15)10-14/h3-6,13H,7-10H2,1-2H3. The Bertz CT molecular complexity index is 345. The van der Waals surface area contributed by atoms with Crippen LogP contribution < -0.4 is 0 Å². The number of aryl methyl sites for hydroxylation is 1. The first-order valence-corrected chi connectivity index (χ1v) is 6.69. The maximum atomic E-state index is 3.75. The molecule has 2 rings (SSSR count). The summed E-state index contributed by atoms with van der Waals surface area (Å²) >= 11 is 3.75. The van der Waals surface area contributed by atoms with Crippen molar-refractivity contribution in [3.63, 3.8) is 0 Å². The summed E-state index contributed by atoms with van der Waals surface area (Å²) in [5.74, 6) is 0. The summed E-state index contributed by atoms with van der Waals surface area (Å²) in [6, 6.07) is 8.79. The molecule has 1 heteroatoms. The lowest BCUT2D eigenvalue weighted by Gasteiger charge is -2.24. The summed E-state index contributed by atoms with van der Waals surface area (Å²) in [6.07, 6.45) is 5.25. The first kappa shape index (κ1) is 11.2. The highest BCUT2D eigenvalue weighted by atomic mass is 79.9. The third-order valence-electron chi connectivity index (χ3n) is 3.65. The van der Waals surface area contributed by atoms with E-state index >= 15 is 0 Å². The van der Waals surface area contributed by atoms with E-state index in [1.54, 1.807) is 0 Å². The quantitative estimate of drug-likeness (QED) is 0.692. The molecule has 0 radical (unpaired) electrons. The second-order valence-electron chi connectivity index (χ2n) is 5.25. The molecular formula is C14H19Br. The fourth-order valence-electron chi connectivity index (χ4n) is 2.67. The molecule has 0 heterocycles. The SMILES string of the molecule is Cc1ccccc1CC1(C)CCC(Br)C1. The van der Waals surface area contributed by atoms with Crippen LogP contribution in [-0.2, 0) is 6.42 Å². The van der Waals surface area contributed by atoms with Crippen molar-refractivity contribution in [2.45, 2.75) is 44.4 Å². The molecule has 1 saturated carbocycles. The summed E-state index contributed by atoms with van der Waals surface area (Å²) < 4.78 is 0. The van der Waals surface area contributed by atoms with Crippen molar-refractivity contribution in [2.24, 2.45) is 5.41 Å². The molecule has 1 aromatic carbocycles. The Balaban J connectivity index is 2.12. The molecule has 0 aliphatic heterocycles. The molecule has 0 aromatic heterocycles. The fourth-order valence-corrected chi connectivity index (χ4v) is 3.68. The smallest absolute Gasteiger partial charge is 0.0151 e. The average molecular weight is 267 g/mol. The van der Waals surface area contributed by atoms with E-state index in [-0.39, 0.29) is 0 Å². The Morgan fingerprint density at radius 3 is 2.73 bits per heavy atom. The minimum atomic E-state index is 0.514. The zero-order valence-electron chi connectivity index (χ0n) is 9.59. The number of rotatable bonds is 2. The van der Waals surface area contributed by atoms with Crippen LogP contribution in [0, 0.1) is 12.3 Å². The van der Waals surface area contributed by atoms with Crippen molar-refractivity contribution in [1.29, 1.82) is 0 Å². The van der Waals surface area contributed by atoms with Gasteiger partial charge in [-0.3, -0.25) is 0 Å². The van der Waals surface area contributed by atoms with E-state index in [2.05, 4.69) is 54.0 Å². The van der Waals surface area contributed by atoms with Gasteiger partial charge in [0.05, 0.1) is 0 Å². The number of alkyl halides is 1. The van der Waals surface area contributed by atoms with Gasteiger partial charge in [0.25, 0.3) is 0 Å². The lowest BCUT2D eigenvalue weighted by Crippen LogP contribution is -2.16. The van der Waals surface area contributed by atoms with Crippen LogP contribution in [-0.4, -0.2) is 4.83 Å². The molecule has 0 amide bonds. The second-order valence-corrected chi connectivity index (χ2v) is 6.55. The first-order valence-electron chi connectivity index (χ1n) is 5.78. The zero-order chi connectivity index (χ0) is 10.9. The third kappa shape index (κ3) is 2.63. The van der Waals surface area contributed by atoms with E-state index in [9.17, 15) is 0 Å². The predicted molar refractivity (Wildman–Crippen MR) is 69.6 cm³/mol. The molecular weight excluding hydrogens is 248 g/mol. The van der Waals surface area contributed by atoms with Gasteiger partial charge in [0.2, 0.25) is 0 Å². The van der Waals surface area contributed by atoms with Crippen LogP contribution >= 0.6 is 15.9 Å². The van der Waals surface area contributed by atoms with Crippen LogP contribution in [0.5, 0.6) is 0 Å². The Kier molecular flexibility index (Phi) is 3.20. The highest BCUT2D eigenvalue weighted by molar-refractivity contribution is 9.09. The van der Waals surface area contributed by atoms with Crippen molar-refractivity contribution in [3.05, 3.63) is 35.4 Å². The van der Waals surface area contributed by atoms with E-state index in [1.807, 2.05) is 0 Å². The van der Waals surface area contributed by atoms with E-state index in [0.717, 1.165) is 4.83 Å². The van der Waals surface area contributed by atoms with Crippen molar-refractivity contribution in [1.82, 2.24) is 0 Å². The highest BCUT2D eigenvalue weighted by Crippen LogP contribution is 2.43. The van der Waals surface area contributed by atoms with Gasteiger partial charge < -0.3 is 0 Å². The molecule has 15 heavy (non-hydrogen) atoms. The van der Waals surface area contributed by atoms with E-state index in [0.29, 0.717) is 5.41 Å². The van der Waals surface area contributed by atoms with Crippen LogP contribution in [0.4, 0.5) is 0 Å². The lowest BCUT2D eigenvalue weighted by molar-refractivity contribution is 0.335. The Hall–Kier alpha value is -0.300. The van der Waals surface area contributed by atoms with Crippen molar-refractivity contribution >= 4 is 15.9 Å². The third-order valence-corrected chi connectivity index (χ3v) is 4.44. The van der Waals surface area contributed by atoms with E-state index in [1.165, 1.54) is 36.8 Å². The minimum Gasteiger partial charge on any atom is -0.0890 e. The largest absolute Gasteiger partial charge is 0.0890 e. The molecule has 1 aliphatic carbocycles. The number of halogens is 1. The van der Waals surface area contributed by atoms with Gasteiger partial charge in [0.1, 0.15) is 0 Å². The molecule has 1 aromatic rings. The van der Waals surface area contributed by atoms with E-state index in [4.69, 9.17) is 0 Å². The van der Waals surface area contributed by atoms with Crippen LogP contribution in [0.25, 0.3) is 0 Å². The van der Waals surface area contributed by atoms with Gasteiger partial charge in [-0.15, -0.1) is 0 Å². The molecule has 2 unspecified atom stereocenters. The summed E-state index contributed by atoms with van der Waals surface area (Å²) in [5, 5.41) is 0. The molecule has 0 spiro atoms. The Morgan fingerprint density at radius 2 is 2.13 bits per heavy atom. The number of hydrogen-bond acceptors (Lipinski definition) is 0. The molecule has 2 atom stereocenters. The normalized spacial score (nSPS) is 30.7. The molecule has 1 fully saturated rings. The second kappa shape index (κ2) is 4.29. The zero-order valence-corrected chi connectivity index (χ0v) is 11.2. The molecule has 0 N–H and O–H groups in total. The topological polar surface area (TPSA) is 0 Å². The molecule has 0 nitrogen and oxygen atoms in total. The van der Waals surface area contributed by atoms with Crippen LogP contribution in [0.3, 0.4) is 0 Å². The Morgan fingerprint density at radius 1 is 1.40 bits per heavy atom. The maximum absolute atomic E-state index is 3.75. The average Bonchev–Trinajstić information content (AvgIpc) is 2.51. The molecule has 82 valence electrons. The van der Waals surface area contributed by atoms with Gasteiger partial charge in [-0.05, 0) is 49.1 Å². The van der Waals surface area contributed by atoms with Gasteiger partial charge in [-0.2, -0.15) is 0 Å². The monoisotopic (exact) mass is 266 g/mol. The van der Waals surface area contributed by atoms with Crippen molar-refractivity contribution < 1.29 is 0 Å². The van der Waals surface area contributed by atoms with Crippen molar-refractivity contribution in [3.8, 4) is 0 Å². The maximum Gasteiger partial charge on any atom is 0.0151 e. The summed E-state index contributed by atoms with van der Waals surface area (Å²) in [5.41, 5.74) is 3.48. The van der Waals surface area contributed by atoms with Gasteiger partial charge in [-0.25, -0.2) is 0 Å². The summed E-state index contributed by atoms with van der Waals surface area (Å²) in [6.45, 7) is 4.65. The lowest BCUT2D eigenvalue weighted by atomic mass is 9.81. The van der Waals surface area contributed by atoms with Gasteiger partial charge in [0, 0.05) is 4.83 Å². The molecule has 0 bridgehead atoms. The number of benzene rings is 1. The Labute approximate surface area is 101 Å². The van der Waals surface area contributed by atoms with Crippen LogP contribution in [0.15, 0.2) is 24.3 Å². The van der Waals surface area contributed by atoms with Gasteiger partial charge in [-0.1, -0.05) is 47.1 Å². The minimum absolute atomic E-state index is 0.514. The predicted octanol–water partition coefficient (Wildman–Crippen LogP) is 4.49. The molecule has 1 aliphatic rings. The van der Waals surface area contributed by atoms with Crippen molar-refractivity contribution in [2.75, 3.05) is 0 Å². The summed E-state index contributed by atoms with van der Waals surface area (Å²) in [4.78, 5) is 0.742.